The monoisotopic (exact) mass is 367 g/mol. The molecule has 2 aliphatic rings. The molecule has 0 spiro atoms. The van der Waals surface area contributed by atoms with Gasteiger partial charge in [0.1, 0.15) is 10.7 Å². The van der Waals surface area contributed by atoms with Gasteiger partial charge in [0.05, 0.1) is 10.9 Å². The predicted octanol–water partition coefficient (Wildman–Crippen LogP) is 1.07. The summed E-state index contributed by atoms with van der Waals surface area (Å²) in [4.78, 5) is 25.8. The van der Waals surface area contributed by atoms with E-state index in [4.69, 9.17) is 0 Å². The Kier molecular flexibility index (Phi) is 3.46. The van der Waals surface area contributed by atoms with Crippen molar-refractivity contribution in [3.05, 3.63) is 38.8 Å². The first-order valence-corrected chi connectivity index (χ1v) is 9.67. The molecule has 0 amide bonds. The molecule has 2 N–H and O–H groups in total. The number of fused-ring (bicyclic) bond motifs is 1. The van der Waals surface area contributed by atoms with E-state index in [0.29, 0.717) is 25.3 Å². The summed E-state index contributed by atoms with van der Waals surface area (Å²) in [7, 11) is -4.09. The van der Waals surface area contributed by atoms with Crippen LogP contribution >= 0.6 is 0 Å². The van der Waals surface area contributed by atoms with Crippen LogP contribution in [0.2, 0.25) is 0 Å². The fourth-order valence-corrected chi connectivity index (χ4v) is 4.46. The molecule has 0 bridgehead atoms. The smallest absolute Gasteiger partial charge is 0.293 e. The van der Waals surface area contributed by atoms with Gasteiger partial charge in [-0.2, -0.15) is 0 Å². The van der Waals surface area contributed by atoms with Crippen LogP contribution in [0.25, 0.3) is 10.9 Å². The SMILES string of the molecule is CC1(NS(=O)(=O)c2cc3c(=O)[nH]c(=O)n(CC4CC4)c3cc2F)CC1. The summed E-state index contributed by atoms with van der Waals surface area (Å²) in [5, 5.41) is -0.0111. The van der Waals surface area contributed by atoms with Gasteiger partial charge in [-0.05, 0) is 50.7 Å². The van der Waals surface area contributed by atoms with Crippen molar-refractivity contribution in [2.75, 3.05) is 0 Å². The van der Waals surface area contributed by atoms with Gasteiger partial charge < -0.3 is 0 Å². The summed E-state index contributed by atoms with van der Waals surface area (Å²) in [5.41, 5.74) is -1.77. The highest BCUT2D eigenvalue weighted by Crippen LogP contribution is 2.36. The van der Waals surface area contributed by atoms with E-state index < -0.39 is 37.5 Å². The minimum Gasteiger partial charge on any atom is -0.293 e. The zero-order chi connectivity index (χ0) is 18.0. The van der Waals surface area contributed by atoms with Crippen LogP contribution in [0.3, 0.4) is 0 Å². The van der Waals surface area contributed by atoms with E-state index in [2.05, 4.69) is 9.71 Å². The van der Waals surface area contributed by atoms with Crippen LogP contribution in [0.1, 0.15) is 32.6 Å². The lowest BCUT2D eigenvalue weighted by atomic mass is 10.2. The lowest BCUT2D eigenvalue weighted by Gasteiger charge is -2.14. The van der Waals surface area contributed by atoms with Crippen molar-refractivity contribution in [1.82, 2.24) is 14.3 Å². The summed E-state index contributed by atoms with van der Waals surface area (Å²) in [6.07, 6.45) is 3.32. The van der Waals surface area contributed by atoms with Crippen molar-refractivity contribution in [2.24, 2.45) is 5.92 Å². The summed E-state index contributed by atoms with van der Waals surface area (Å²) in [6, 6.07) is 1.98. The van der Waals surface area contributed by atoms with Crippen LogP contribution in [0, 0.1) is 11.7 Å². The van der Waals surface area contributed by atoms with Gasteiger partial charge in [-0.1, -0.05) is 0 Å². The molecule has 0 atom stereocenters. The highest BCUT2D eigenvalue weighted by Gasteiger charge is 2.42. The molecule has 4 rings (SSSR count). The molecule has 1 aromatic heterocycles. The first-order valence-electron chi connectivity index (χ1n) is 8.19. The van der Waals surface area contributed by atoms with E-state index in [-0.39, 0.29) is 10.9 Å². The minimum atomic E-state index is -4.09. The number of sulfonamides is 1. The Morgan fingerprint density at radius 2 is 2.00 bits per heavy atom. The lowest BCUT2D eigenvalue weighted by Crippen LogP contribution is -2.35. The van der Waals surface area contributed by atoms with Crippen LogP contribution in [-0.2, 0) is 16.6 Å². The number of rotatable bonds is 5. The van der Waals surface area contributed by atoms with E-state index in [1.165, 1.54) is 4.57 Å². The van der Waals surface area contributed by atoms with E-state index in [1.54, 1.807) is 6.92 Å². The number of aromatic nitrogens is 2. The van der Waals surface area contributed by atoms with Crippen molar-refractivity contribution in [2.45, 2.75) is 49.6 Å². The third-order valence-electron chi connectivity index (χ3n) is 4.86. The molecule has 2 aliphatic carbocycles. The molecule has 0 saturated heterocycles. The summed E-state index contributed by atoms with van der Waals surface area (Å²) < 4.78 is 43.3. The first kappa shape index (κ1) is 16.5. The van der Waals surface area contributed by atoms with Crippen molar-refractivity contribution in [3.63, 3.8) is 0 Å². The van der Waals surface area contributed by atoms with Crippen LogP contribution in [0.15, 0.2) is 26.6 Å². The second-order valence-electron chi connectivity index (χ2n) is 7.28. The molecule has 1 heterocycles. The van der Waals surface area contributed by atoms with Crippen molar-refractivity contribution in [3.8, 4) is 0 Å². The Morgan fingerprint density at radius 1 is 1.32 bits per heavy atom. The second-order valence-corrected chi connectivity index (χ2v) is 8.93. The fourth-order valence-electron chi connectivity index (χ4n) is 2.90. The van der Waals surface area contributed by atoms with E-state index in [0.717, 1.165) is 25.0 Å². The molecule has 7 nitrogen and oxygen atoms in total. The number of halogens is 1. The number of nitrogens with one attached hydrogen (secondary N) is 2. The highest BCUT2D eigenvalue weighted by molar-refractivity contribution is 7.89. The molecule has 0 radical (unpaired) electrons. The third-order valence-corrected chi connectivity index (χ3v) is 6.51. The van der Waals surface area contributed by atoms with E-state index in [9.17, 15) is 22.4 Å². The molecule has 9 heteroatoms. The summed E-state index contributed by atoms with van der Waals surface area (Å²) >= 11 is 0. The Bertz CT molecular complexity index is 1090. The number of H-pyrrole nitrogens is 1. The molecular formula is C16H18FN3O4S. The Morgan fingerprint density at radius 3 is 2.60 bits per heavy atom. The van der Waals surface area contributed by atoms with Crippen molar-refractivity contribution >= 4 is 20.9 Å². The topological polar surface area (TPSA) is 101 Å². The zero-order valence-electron chi connectivity index (χ0n) is 13.6. The molecular weight excluding hydrogens is 349 g/mol. The average Bonchev–Trinajstić information content (AvgIpc) is 3.41. The molecule has 2 fully saturated rings. The van der Waals surface area contributed by atoms with Gasteiger partial charge in [-0.25, -0.2) is 22.3 Å². The minimum absolute atomic E-state index is 0.0111. The molecule has 2 aromatic rings. The van der Waals surface area contributed by atoms with Gasteiger partial charge >= 0.3 is 5.69 Å². The number of aromatic amines is 1. The maximum Gasteiger partial charge on any atom is 0.328 e. The quantitative estimate of drug-likeness (QED) is 0.825. The number of benzene rings is 1. The van der Waals surface area contributed by atoms with Crippen LogP contribution < -0.4 is 16.0 Å². The largest absolute Gasteiger partial charge is 0.328 e. The van der Waals surface area contributed by atoms with Gasteiger partial charge in [0.2, 0.25) is 10.0 Å². The molecule has 0 unspecified atom stereocenters. The normalized spacial score (nSPS) is 19.3. The fraction of sp³-hybridized carbons (Fsp3) is 0.500. The second kappa shape index (κ2) is 5.25. The summed E-state index contributed by atoms with van der Waals surface area (Å²) in [6.45, 7) is 2.12. The van der Waals surface area contributed by atoms with Crippen molar-refractivity contribution < 1.29 is 12.8 Å². The van der Waals surface area contributed by atoms with Crippen LogP contribution in [0.5, 0.6) is 0 Å². The molecule has 25 heavy (non-hydrogen) atoms. The molecule has 1 aromatic carbocycles. The van der Waals surface area contributed by atoms with Gasteiger partial charge in [0.15, 0.2) is 0 Å². The van der Waals surface area contributed by atoms with Gasteiger partial charge in [-0.3, -0.25) is 14.3 Å². The molecule has 134 valence electrons. The third kappa shape index (κ3) is 3.02. The van der Waals surface area contributed by atoms with Gasteiger partial charge in [-0.15, -0.1) is 0 Å². The van der Waals surface area contributed by atoms with E-state index in [1.807, 2.05) is 0 Å². The van der Waals surface area contributed by atoms with Gasteiger partial charge in [0.25, 0.3) is 5.56 Å². The number of nitrogens with zero attached hydrogens (tertiary/aromatic N) is 1. The first-order chi connectivity index (χ1) is 11.7. The van der Waals surface area contributed by atoms with E-state index >= 15 is 0 Å². The number of hydrogen-bond donors (Lipinski definition) is 2. The maximum atomic E-state index is 14.6. The Hall–Kier alpha value is -2.00. The van der Waals surface area contributed by atoms with Crippen LogP contribution in [-0.4, -0.2) is 23.5 Å². The number of hydrogen-bond acceptors (Lipinski definition) is 4. The highest BCUT2D eigenvalue weighted by atomic mass is 32.2. The predicted molar refractivity (Wildman–Crippen MR) is 89.5 cm³/mol. The molecule has 0 aliphatic heterocycles. The maximum absolute atomic E-state index is 14.6. The molecule has 2 saturated carbocycles. The average molecular weight is 367 g/mol. The zero-order valence-corrected chi connectivity index (χ0v) is 14.5. The Balaban J connectivity index is 1.89. The lowest BCUT2D eigenvalue weighted by molar-refractivity contribution is 0.540. The Labute approximate surface area is 142 Å². The van der Waals surface area contributed by atoms with Gasteiger partial charge in [0, 0.05) is 12.1 Å². The van der Waals surface area contributed by atoms with Crippen LogP contribution in [0.4, 0.5) is 4.39 Å². The summed E-state index contributed by atoms with van der Waals surface area (Å²) in [5.74, 6) is -0.645. The van der Waals surface area contributed by atoms with Crippen molar-refractivity contribution in [1.29, 1.82) is 0 Å². The standard InChI is InChI=1S/C16H18FN3O4S/c1-16(4-5-16)19-25(23,24)13-6-10-12(7-11(13)17)20(8-9-2-3-9)15(22)18-14(10)21/h6-7,9,19H,2-5,8H2,1H3,(H,18,21,22).